The largest absolute Gasteiger partial charge is 0.313 e. The molecule has 0 aliphatic heterocycles. The first-order valence-corrected chi connectivity index (χ1v) is 11.0. The number of amidine groups is 1. The van der Waals surface area contributed by atoms with E-state index in [0.29, 0.717) is 17.2 Å². The second-order valence-electron chi connectivity index (χ2n) is 8.42. The Bertz CT molecular complexity index is 1230. The van der Waals surface area contributed by atoms with Crippen molar-refractivity contribution in [2.45, 2.75) is 37.6 Å². The Balaban J connectivity index is 1.35. The van der Waals surface area contributed by atoms with Crippen LogP contribution in [0.3, 0.4) is 0 Å². The number of carbonyl (C=O) groups excluding carboxylic acids is 1. The number of halogens is 1. The molecule has 2 fully saturated rings. The van der Waals surface area contributed by atoms with E-state index in [0.717, 1.165) is 30.4 Å². The Labute approximate surface area is 190 Å². The van der Waals surface area contributed by atoms with Crippen LogP contribution in [0.1, 0.15) is 53.3 Å². The smallest absolute Gasteiger partial charge is 0.259 e. The highest BCUT2D eigenvalue weighted by atomic mass is 19.1. The van der Waals surface area contributed by atoms with Crippen LogP contribution in [0.15, 0.2) is 54.7 Å². The first-order valence-electron chi connectivity index (χ1n) is 11.0. The highest BCUT2D eigenvalue weighted by Crippen LogP contribution is 2.39. The maximum atomic E-state index is 14.5. The number of nitrogens with zero attached hydrogens (tertiary/aromatic N) is 3. The minimum atomic E-state index is -0.633. The minimum Gasteiger partial charge on any atom is -0.313 e. The number of anilines is 1. The van der Waals surface area contributed by atoms with E-state index in [2.05, 4.69) is 15.3 Å². The van der Waals surface area contributed by atoms with Gasteiger partial charge in [-0.05, 0) is 61.6 Å². The maximum Gasteiger partial charge on any atom is 0.259 e. The zero-order valence-electron chi connectivity index (χ0n) is 17.9. The van der Waals surface area contributed by atoms with Crippen molar-refractivity contribution in [3.63, 3.8) is 0 Å². The Morgan fingerprint density at radius 1 is 1.09 bits per heavy atom. The molecule has 5 rings (SSSR count). The van der Waals surface area contributed by atoms with Gasteiger partial charge < -0.3 is 10.2 Å². The van der Waals surface area contributed by atoms with Crippen molar-refractivity contribution in [2.75, 3.05) is 5.32 Å². The van der Waals surface area contributed by atoms with Gasteiger partial charge in [0, 0.05) is 29.4 Å². The summed E-state index contributed by atoms with van der Waals surface area (Å²) >= 11 is 0. The molecule has 2 saturated carbocycles. The second kappa shape index (κ2) is 8.54. The Morgan fingerprint density at radius 3 is 2.55 bits per heavy atom. The molecule has 1 amide bonds. The third-order valence-corrected chi connectivity index (χ3v) is 5.90. The van der Waals surface area contributed by atoms with Gasteiger partial charge in [-0.25, -0.2) is 9.37 Å². The van der Waals surface area contributed by atoms with Crippen molar-refractivity contribution in [1.82, 2.24) is 14.9 Å². The van der Waals surface area contributed by atoms with E-state index in [1.165, 1.54) is 25.0 Å². The minimum absolute atomic E-state index is 0.0962. The number of nitrogens with one attached hydrogen (secondary N) is 3. The van der Waals surface area contributed by atoms with E-state index < -0.39 is 11.7 Å². The number of aromatic nitrogens is 2. The highest BCUT2D eigenvalue weighted by molar-refractivity contribution is 6.05. The molecule has 3 aromatic rings. The molecule has 3 N–H and O–H groups in total. The molecule has 2 aliphatic carbocycles. The van der Waals surface area contributed by atoms with Gasteiger partial charge in [0.05, 0.1) is 11.9 Å². The molecule has 2 heterocycles. The first kappa shape index (κ1) is 20.9. The fourth-order valence-electron chi connectivity index (χ4n) is 3.73. The van der Waals surface area contributed by atoms with E-state index >= 15 is 0 Å². The van der Waals surface area contributed by atoms with Crippen LogP contribution in [0.25, 0.3) is 11.1 Å². The molecule has 2 aromatic heterocycles. The Hall–Kier alpha value is -3.94. The summed E-state index contributed by atoms with van der Waals surface area (Å²) in [6.45, 7) is 0. The fraction of sp³-hybridized carbons (Fsp3) is 0.240. The maximum absolute atomic E-state index is 14.5. The number of amides is 1. The van der Waals surface area contributed by atoms with E-state index in [1.54, 1.807) is 35.4 Å². The lowest BCUT2D eigenvalue weighted by atomic mass is 10.0. The average molecular weight is 442 g/mol. The number of pyridine rings is 2. The molecule has 33 heavy (non-hydrogen) atoms. The second-order valence-corrected chi connectivity index (χ2v) is 8.42. The van der Waals surface area contributed by atoms with Crippen molar-refractivity contribution < 1.29 is 9.18 Å². The lowest BCUT2D eigenvalue weighted by Crippen LogP contribution is -2.32. The van der Waals surface area contributed by atoms with E-state index in [1.807, 2.05) is 12.1 Å². The fourth-order valence-corrected chi connectivity index (χ4v) is 3.73. The molecule has 0 atom stereocenters. The van der Waals surface area contributed by atoms with Gasteiger partial charge in [-0.2, -0.15) is 0 Å². The van der Waals surface area contributed by atoms with Crippen LogP contribution in [0.2, 0.25) is 0 Å². The monoisotopic (exact) mass is 442 g/mol. The van der Waals surface area contributed by atoms with Gasteiger partial charge in [-0.15, -0.1) is 0 Å². The Morgan fingerprint density at radius 2 is 1.88 bits per heavy atom. The van der Waals surface area contributed by atoms with Crippen molar-refractivity contribution in [3.8, 4) is 11.1 Å². The van der Waals surface area contributed by atoms with E-state index in [-0.39, 0.29) is 23.3 Å². The predicted octanol–water partition coefficient (Wildman–Crippen LogP) is 4.81. The zero-order chi connectivity index (χ0) is 22.9. The number of hydrogen-bond donors (Lipinski definition) is 3. The third-order valence-electron chi connectivity index (χ3n) is 5.90. The summed E-state index contributed by atoms with van der Waals surface area (Å²) in [4.78, 5) is 23.2. The van der Waals surface area contributed by atoms with Crippen LogP contribution in [-0.2, 0) is 0 Å². The van der Waals surface area contributed by atoms with Crippen LogP contribution in [0.4, 0.5) is 10.2 Å². The molecular weight excluding hydrogens is 419 g/mol. The topological polar surface area (TPSA) is 106 Å². The number of benzene rings is 1. The summed E-state index contributed by atoms with van der Waals surface area (Å²) in [6, 6.07) is 13.4. The highest BCUT2D eigenvalue weighted by Gasteiger charge is 2.30. The molecule has 2 aliphatic rings. The summed E-state index contributed by atoms with van der Waals surface area (Å²) in [7, 11) is 0. The van der Waals surface area contributed by atoms with Gasteiger partial charge >= 0.3 is 0 Å². The molecular formula is C25H23FN6O. The van der Waals surface area contributed by atoms with Crippen molar-refractivity contribution >= 4 is 23.9 Å². The number of carbonyl (C=O) groups is 1. The Kier molecular flexibility index (Phi) is 5.42. The summed E-state index contributed by atoms with van der Waals surface area (Å²) in [5, 5.41) is 18.5. The van der Waals surface area contributed by atoms with Gasteiger partial charge in [0.15, 0.2) is 5.84 Å². The molecule has 0 bridgehead atoms. The van der Waals surface area contributed by atoms with Gasteiger partial charge in [0.1, 0.15) is 17.3 Å². The first-order chi connectivity index (χ1) is 16.0. The lowest BCUT2D eigenvalue weighted by molar-refractivity contribution is 0.102. The molecule has 0 spiro atoms. The van der Waals surface area contributed by atoms with Crippen molar-refractivity contribution in [1.29, 1.82) is 10.8 Å². The molecule has 0 unspecified atom stereocenters. The third kappa shape index (κ3) is 4.50. The van der Waals surface area contributed by atoms with Crippen molar-refractivity contribution in [3.05, 3.63) is 77.5 Å². The molecule has 166 valence electrons. The predicted molar refractivity (Wildman–Crippen MR) is 124 cm³/mol. The van der Waals surface area contributed by atoms with Crippen LogP contribution in [-0.4, -0.2) is 39.0 Å². The van der Waals surface area contributed by atoms with Crippen LogP contribution in [0.5, 0.6) is 0 Å². The summed E-state index contributed by atoms with van der Waals surface area (Å²) in [6.07, 6.45) is 7.09. The van der Waals surface area contributed by atoms with Crippen LogP contribution >= 0.6 is 0 Å². The molecule has 0 radical (unpaired) electrons. The van der Waals surface area contributed by atoms with Crippen LogP contribution < -0.4 is 5.32 Å². The SMILES string of the molecule is N=CN(C(=N)c1cccc(NC(=O)c2cc(-c3ccc(C4CC4)nc3)ccc2F)n1)C1CC1. The van der Waals surface area contributed by atoms with Gasteiger partial charge in [0.2, 0.25) is 0 Å². The van der Waals surface area contributed by atoms with E-state index in [4.69, 9.17) is 10.8 Å². The average Bonchev–Trinajstić information content (AvgIpc) is 3.74. The normalized spacial score (nSPS) is 15.1. The van der Waals surface area contributed by atoms with E-state index in [9.17, 15) is 9.18 Å². The summed E-state index contributed by atoms with van der Waals surface area (Å²) in [5.74, 6) is -0.401. The number of rotatable bonds is 7. The molecule has 7 nitrogen and oxygen atoms in total. The van der Waals surface area contributed by atoms with Gasteiger partial charge in [-0.3, -0.25) is 20.6 Å². The quantitative estimate of drug-likeness (QED) is 0.361. The molecule has 1 aromatic carbocycles. The number of hydrogen-bond acceptors (Lipinski definition) is 5. The zero-order valence-corrected chi connectivity index (χ0v) is 17.9. The summed E-state index contributed by atoms with van der Waals surface area (Å²) < 4.78 is 14.5. The molecule has 8 heteroatoms. The van der Waals surface area contributed by atoms with Gasteiger partial charge in [-0.1, -0.05) is 18.2 Å². The lowest BCUT2D eigenvalue weighted by Gasteiger charge is -2.18. The van der Waals surface area contributed by atoms with Crippen LogP contribution in [0, 0.1) is 16.6 Å². The van der Waals surface area contributed by atoms with Crippen molar-refractivity contribution in [2.24, 2.45) is 0 Å². The standard InChI is InChI=1S/C25H23FN6O/c26-20-10-6-16(17-7-11-21(29-13-17)15-4-5-15)12-19(20)25(33)31-23-3-1-2-22(30-23)24(28)32(14-27)18-8-9-18/h1-3,6-7,10-15,18,27-28H,4-5,8-9H2,(H,30,31,33). The van der Waals surface area contributed by atoms with Gasteiger partial charge in [0.25, 0.3) is 5.91 Å². The summed E-state index contributed by atoms with van der Waals surface area (Å²) in [5.41, 5.74) is 2.82. The molecule has 0 saturated heterocycles.